The molecule has 90 valence electrons. The summed E-state index contributed by atoms with van der Waals surface area (Å²) in [6.45, 7) is 4.07. The molecule has 1 atom stereocenters. The standard InChI is InChI=1S/C14H16FNS/c1-3-10-6-7-17-14(10)13(16)12-8-11(15)5-4-9(12)2/h4-8,13H,3,16H2,1-2H3. The minimum atomic E-state index is -0.226. The third-order valence-corrected chi connectivity index (χ3v) is 4.06. The molecule has 0 saturated heterocycles. The zero-order valence-corrected chi connectivity index (χ0v) is 10.9. The first-order valence-corrected chi connectivity index (χ1v) is 6.59. The highest BCUT2D eigenvalue weighted by molar-refractivity contribution is 7.10. The van der Waals surface area contributed by atoms with E-state index in [-0.39, 0.29) is 11.9 Å². The molecule has 0 bridgehead atoms. The van der Waals surface area contributed by atoms with Crippen molar-refractivity contribution < 1.29 is 4.39 Å². The van der Waals surface area contributed by atoms with Gasteiger partial charge in [0.15, 0.2) is 0 Å². The second-order valence-electron chi connectivity index (χ2n) is 4.14. The maximum Gasteiger partial charge on any atom is 0.123 e. The quantitative estimate of drug-likeness (QED) is 0.879. The molecule has 0 amide bonds. The molecule has 0 spiro atoms. The third kappa shape index (κ3) is 2.40. The zero-order chi connectivity index (χ0) is 12.4. The van der Waals surface area contributed by atoms with E-state index >= 15 is 0 Å². The minimum Gasteiger partial charge on any atom is -0.320 e. The fraction of sp³-hybridized carbons (Fsp3) is 0.286. The first kappa shape index (κ1) is 12.3. The highest BCUT2D eigenvalue weighted by atomic mass is 32.1. The molecule has 2 aromatic rings. The molecule has 2 N–H and O–H groups in total. The second kappa shape index (κ2) is 4.98. The van der Waals surface area contributed by atoms with Crippen LogP contribution in [0.1, 0.15) is 34.5 Å². The van der Waals surface area contributed by atoms with Gasteiger partial charge in [-0.2, -0.15) is 0 Å². The van der Waals surface area contributed by atoms with Crippen LogP contribution in [0.2, 0.25) is 0 Å². The summed E-state index contributed by atoms with van der Waals surface area (Å²) >= 11 is 1.64. The van der Waals surface area contributed by atoms with E-state index in [1.807, 2.05) is 12.3 Å². The Morgan fingerprint density at radius 2 is 2.12 bits per heavy atom. The Bertz CT molecular complexity index is 519. The van der Waals surface area contributed by atoms with E-state index < -0.39 is 0 Å². The largest absolute Gasteiger partial charge is 0.320 e. The Balaban J connectivity index is 2.43. The Kier molecular flexibility index (Phi) is 3.60. The summed E-state index contributed by atoms with van der Waals surface area (Å²) < 4.78 is 13.3. The Hall–Kier alpha value is -1.19. The lowest BCUT2D eigenvalue weighted by Crippen LogP contribution is -2.13. The van der Waals surface area contributed by atoms with Crippen LogP contribution in [0.3, 0.4) is 0 Å². The molecule has 1 nitrogen and oxygen atoms in total. The van der Waals surface area contributed by atoms with E-state index in [0.717, 1.165) is 22.4 Å². The van der Waals surface area contributed by atoms with Crippen molar-refractivity contribution in [1.82, 2.24) is 0 Å². The molecule has 0 aliphatic rings. The summed E-state index contributed by atoms with van der Waals surface area (Å²) in [6, 6.07) is 6.67. The van der Waals surface area contributed by atoms with E-state index in [1.165, 1.54) is 11.6 Å². The van der Waals surface area contributed by atoms with Crippen molar-refractivity contribution in [2.24, 2.45) is 5.73 Å². The Morgan fingerprint density at radius 1 is 1.35 bits per heavy atom. The average Bonchev–Trinajstić information content (AvgIpc) is 2.79. The predicted molar refractivity (Wildman–Crippen MR) is 70.9 cm³/mol. The maximum absolute atomic E-state index is 13.3. The Labute approximate surface area is 105 Å². The van der Waals surface area contributed by atoms with Crippen LogP contribution in [-0.4, -0.2) is 0 Å². The van der Waals surface area contributed by atoms with Crippen LogP contribution in [0.5, 0.6) is 0 Å². The SMILES string of the molecule is CCc1ccsc1C(N)c1cc(F)ccc1C. The van der Waals surface area contributed by atoms with Gasteiger partial charge >= 0.3 is 0 Å². The Morgan fingerprint density at radius 3 is 2.82 bits per heavy atom. The average molecular weight is 249 g/mol. The first-order chi connectivity index (χ1) is 8.13. The van der Waals surface area contributed by atoms with Gasteiger partial charge in [0.25, 0.3) is 0 Å². The van der Waals surface area contributed by atoms with Crippen molar-refractivity contribution >= 4 is 11.3 Å². The van der Waals surface area contributed by atoms with Crippen molar-refractivity contribution in [3.8, 4) is 0 Å². The van der Waals surface area contributed by atoms with E-state index in [1.54, 1.807) is 23.5 Å². The van der Waals surface area contributed by atoms with E-state index in [4.69, 9.17) is 5.73 Å². The molecule has 1 aromatic heterocycles. The zero-order valence-electron chi connectivity index (χ0n) is 10.0. The number of hydrogen-bond acceptors (Lipinski definition) is 2. The van der Waals surface area contributed by atoms with Gasteiger partial charge in [-0.05, 0) is 53.6 Å². The van der Waals surface area contributed by atoms with Gasteiger partial charge in [-0.25, -0.2) is 4.39 Å². The van der Waals surface area contributed by atoms with Gasteiger partial charge < -0.3 is 5.73 Å². The molecular weight excluding hydrogens is 233 g/mol. The fourth-order valence-electron chi connectivity index (χ4n) is 2.00. The van der Waals surface area contributed by atoms with E-state index in [2.05, 4.69) is 13.0 Å². The van der Waals surface area contributed by atoms with Gasteiger partial charge in [0.1, 0.15) is 5.82 Å². The van der Waals surface area contributed by atoms with Crippen LogP contribution >= 0.6 is 11.3 Å². The van der Waals surface area contributed by atoms with Gasteiger partial charge in [0.05, 0.1) is 6.04 Å². The molecule has 0 radical (unpaired) electrons. The van der Waals surface area contributed by atoms with Crippen LogP contribution < -0.4 is 5.73 Å². The molecule has 17 heavy (non-hydrogen) atoms. The third-order valence-electron chi connectivity index (χ3n) is 3.02. The van der Waals surface area contributed by atoms with Crippen molar-refractivity contribution in [1.29, 1.82) is 0 Å². The topological polar surface area (TPSA) is 26.0 Å². The maximum atomic E-state index is 13.3. The second-order valence-corrected chi connectivity index (χ2v) is 5.09. The summed E-state index contributed by atoms with van der Waals surface area (Å²) in [5, 5.41) is 2.04. The number of aryl methyl sites for hydroxylation is 2. The molecule has 0 saturated carbocycles. The molecule has 0 fully saturated rings. The van der Waals surface area contributed by atoms with Crippen molar-refractivity contribution in [2.75, 3.05) is 0 Å². The molecule has 0 aliphatic heterocycles. The lowest BCUT2D eigenvalue weighted by Gasteiger charge is -2.15. The number of thiophene rings is 1. The highest BCUT2D eigenvalue weighted by Gasteiger charge is 2.16. The van der Waals surface area contributed by atoms with E-state index in [0.29, 0.717) is 0 Å². The minimum absolute atomic E-state index is 0.222. The van der Waals surface area contributed by atoms with Gasteiger partial charge in [-0.15, -0.1) is 11.3 Å². The van der Waals surface area contributed by atoms with Crippen LogP contribution in [0, 0.1) is 12.7 Å². The van der Waals surface area contributed by atoms with Gasteiger partial charge in [0, 0.05) is 4.88 Å². The molecule has 1 unspecified atom stereocenters. The summed E-state index contributed by atoms with van der Waals surface area (Å²) in [4.78, 5) is 1.14. The molecule has 0 aliphatic carbocycles. The van der Waals surface area contributed by atoms with Crippen LogP contribution in [0.25, 0.3) is 0 Å². The van der Waals surface area contributed by atoms with Crippen molar-refractivity contribution in [3.05, 3.63) is 57.0 Å². The van der Waals surface area contributed by atoms with E-state index in [9.17, 15) is 4.39 Å². The van der Waals surface area contributed by atoms with Gasteiger partial charge in [0.2, 0.25) is 0 Å². The molecule has 1 heterocycles. The summed E-state index contributed by atoms with van der Waals surface area (Å²) in [5.41, 5.74) is 9.42. The van der Waals surface area contributed by atoms with Crippen LogP contribution in [0.15, 0.2) is 29.6 Å². The number of rotatable bonds is 3. The fourth-order valence-corrected chi connectivity index (χ4v) is 3.02. The predicted octanol–water partition coefficient (Wildman–Crippen LogP) is 3.81. The number of benzene rings is 1. The lowest BCUT2D eigenvalue weighted by atomic mass is 9.98. The molecule has 3 heteroatoms. The molecular formula is C14H16FNS. The van der Waals surface area contributed by atoms with Crippen molar-refractivity contribution in [2.45, 2.75) is 26.3 Å². The lowest BCUT2D eigenvalue weighted by molar-refractivity contribution is 0.623. The van der Waals surface area contributed by atoms with Gasteiger partial charge in [-0.1, -0.05) is 13.0 Å². The molecule has 1 aromatic carbocycles. The smallest absolute Gasteiger partial charge is 0.123 e. The summed E-state index contributed by atoms with van der Waals surface area (Å²) in [6.07, 6.45) is 0.959. The molecule has 2 rings (SSSR count). The van der Waals surface area contributed by atoms with Gasteiger partial charge in [-0.3, -0.25) is 0 Å². The number of nitrogens with two attached hydrogens (primary N) is 1. The van der Waals surface area contributed by atoms with Crippen LogP contribution in [-0.2, 0) is 6.42 Å². The van der Waals surface area contributed by atoms with Crippen LogP contribution in [0.4, 0.5) is 4.39 Å². The monoisotopic (exact) mass is 249 g/mol. The van der Waals surface area contributed by atoms with Crippen molar-refractivity contribution in [3.63, 3.8) is 0 Å². The summed E-state index contributed by atoms with van der Waals surface area (Å²) in [7, 11) is 0. The highest BCUT2D eigenvalue weighted by Crippen LogP contribution is 2.30. The first-order valence-electron chi connectivity index (χ1n) is 5.71. The number of halogens is 1. The number of hydrogen-bond donors (Lipinski definition) is 1. The normalized spacial score (nSPS) is 12.7. The summed E-state index contributed by atoms with van der Waals surface area (Å²) in [5.74, 6) is -0.226.